The highest BCUT2D eigenvalue weighted by Crippen LogP contribution is 2.36. The Labute approximate surface area is 135 Å². The molecule has 1 heterocycles. The molecule has 0 saturated carbocycles. The highest BCUT2D eigenvalue weighted by molar-refractivity contribution is 9.10. The zero-order valence-corrected chi connectivity index (χ0v) is 15.1. The van der Waals surface area contributed by atoms with Gasteiger partial charge in [0.2, 0.25) is 0 Å². The zero-order chi connectivity index (χ0) is 15.8. The van der Waals surface area contributed by atoms with Crippen molar-refractivity contribution in [3.63, 3.8) is 0 Å². The normalized spacial score (nSPS) is 11.9. The lowest BCUT2D eigenvalue weighted by atomic mass is 9.95. The number of anilines is 1. The Morgan fingerprint density at radius 3 is 2.48 bits per heavy atom. The number of nitrogens with two attached hydrogens (primary N) is 1. The summed E-state index contributed by atoms with van der Waals surface area (Å²) in [5.41, 5.74) is 9.52. The number of nitrogen functional groups attached to an aromatic ring is 1. The average molecular weight is 350 g/mol. The molecule has 0 aliphatic heterocycles. The van der Waals surface area contributed by atoms with E-state index in [0.29, 0.717) is 0 Å². The van der Waals surface area contributed by atoms with E-state index in [1.165, 1.54) is 5.56 Å². The molecular weight excluding hydrogens is 326 g/mol. The first-order valence-electron chi connectivity index (χ1n) is 7.38. The molecular formula is C17H24BrN3. The van der Waals surface area contributed by atoms with Crippen molar-refractivity contribution in [2.45, 2.75) is 53.0 Å². The van der Waals surface area contributed by atoms with Crippen molar-refractivity contribution in [3.05, 3.63) is 34.1 Å². The Morgan fingerprint density at radius 1 is 1.29 bits per heavy atom. The van der Waals surface area contributed by atoms with Crippen LogP contribution < -0.4 is 5.73 Å². The van der Waals surface area contributed by atoms with Crippen LogP contribution in [-0.4, -0.2) is 9.55 Å². The van der Waals surface area contributed by atoms with Gasteiger partial charge in [0.1, 0.15) is 17.3 Å². The SMILES string of the molecule is CCCn1c(C(C)(C)C)nc(-c2ccc(C)cc2Br)c1N. The Hall–Kier alpha value is -1.29. The molecule has 0 saturated heterocycles. The maximum Gasteiger partial charge on any atom is 0.131 e. The average Bonchev–Trinajstić information content (AvgIpc) is 2.68. The van der Waals surface area contributed by atoms with Crippen LogP contribution >= 0.6 is 15.9 Å². The molecule has 0 bridgehead atoms. The summed E-state index contributed by atoms with van der Waals surface area (Å²) in [6, 6.07) is 6.28. The summed E-state index contributed by atoms with van der Waals surface area (Å²) in [6.45, 7) is 11.7. The van der Waals surface area contributed by atoms with Crippen LogP contribution in [-0.2, 0) is 12.0 Å². The summed E-state index contributed by atoms with van der Waals surface area (Å²) in [5, 5.41) is 0. The highest BCUT2D eigenvalue weighted by atomic mass is 79.9. The van der Waals surface area contributed by atoms with Crippen LogP contribution in [0.2, 0.25) is 0 Å². The van der Waals surface area contributed by atoms with E-state index in [1.54, 1.807) is 0 Å². The smallest absolute Gasteiger partial charge is 0.131 e. The van der Waals surface area contributed by atoms with Gasteiger partial charge in [0, 0.05) is 22.0 Å². The third-order valence-electron chi connectivity index (χ3n) is 3.50. The lowest BCUT2D eigenvalue weighted by Gasteiger charge is -2.19. The third kappa shape index (κ3) is 3.15. The van der Waals surface area contributed by atoms with Crippen molar-refractivity contribution in [1.82, 2.24) is 9.55 Å². The summed E-state index contributed by atoms with van der Waals surface area (Å²) in [4.78, 5) is 4.87. The Balaban J connectivity index is 2.65. The molecule has 1 aromatic heterocycles. The lowest BCUT2D eigenvalue weighted by Crippen LogP contribution is -2.19. The molecule has 114 valence electrons. The van der Waals surface area contributed by atoms with Gasteiger partial charge in [-0.25, -0.2) is 4.98 Å². The number of imidazole rings is 1. The maximum absolute atomic E-state index is 6.41. The molecule has 2 aromatic rings. The lowest BCUT2D eigenvalue weighted by molar-refractivity contribution is 0.498. The predicted octanol–water partition coefficient (Wildman–Crippen LogP) is 4.91. The van der Waals surface area contributed by atoms with Crippen LogP contribution in [0.3, 0.4) is 0 Å². The van der Waals surface area contributed by atoms with Crippen molar-refractivity contribution in [2.75, 3.05) is 5.73 Å². The molecule has 0 fully saturated rings. The molecule has 21 heavy (non-hydrogen) atoms. The van der Waals surface area contributed by atoms with Crippen LogP contribution in [0.15, 0.2) is 22.7 Å². The van der Waals surface area contributed by atoms with Crippen LogP contribution in [0.5, 0.6) is 0 Å². The van der Waals surface area contributed by atoms with Gasteiger partial charge in [0.15, 0.2) is 0 Å². The summed E-state index contributed by atoms with van der Waals surface area (Å²) in [5.74, 6) is 1.80. The first-order valence-corrected chi connectivity index (χ1v) is 8.18. The monoisotopic (exact) mass is 349 g/mol. The molecule has 0 amide bonds. The molecule has 2 N–H and O–H groups in total. The number of aromatic nitrogens is 2. The molecule has 2 rings (SSSR count). The first-order chi connectivity index (χ1) is 9.75. The summed E-state index contributed by atoms with van der Waals surface area (Å²) >= 11 is 3.64. The second-order valence-corrected chi connectivity index (χ2v) is 7.41. The fourth-order valence-corrected chi connectivity index (χ4v) is 3.18. The third-order valence-corrected chi connectivity index (χ3v) is 4.16. The number of aryl methyl sites for hydroxylation is 1. The van der Waals surface area contributed by atoms with Crippen molar-refractivity contribution in [3.8, 4) is 11.3 Å². The number of rotatable bonds is 3. The minimum atomic E-state index is -0.0291. The Bertz CT molecular complexity index is 651. The van der Waals surface area contributed by atoms with E-state index < -0.39 is 0 Å². The van der Waals surface area contributed by atoms with Crippen LogP contribution in [0.4, 0.5) is 5.82 Å². The predicted molar refractivity (Wildman–Crippen MR) is 93.5 cm³/mol. The summed E-state index contributed by atoms with van der Waals surface area (Å²) in [6.07, 6.45) is 1.04. The maximum atomic E-state index is 6.41. The molecule has 0 aliphatic rings. The molecule has 4 heteroatoms. The summed E-state index contributed by atoms with van der Waals surface area (Å²) < 4.78 is 3.19. The fraction of sp³-hybridized carbons (Fsp3) is 0.471. The van der Waals surface area contributed by atoms with E-state index in [9.17, 15) is 0 Å². The van der Waals surface area contributed by atoms with E-state index in [2.05, 4.69) is 73.3 Å². The minimum Gasteiger partial charge on any atom is -0.383 e. The minimum absolute atomic E-state index is 0.0291. The number of hydrogen-bond donors (Lipinski definition) is 1. The van der Waals surface area contributed by atoms with Gasteiger partial charge >= 0.3 is 0 Å². The van der Waals surface area contributed by atoms with Crippen molar-refractivity contribution >= 4 is 21.7 Å². The van der Waals surface area contributed by atoms with Gasteiger partial charge in [0.05, 0.1) is 0 Å². The van der Waals surface area contributed by atoms with Gasteiger partial charge in [-0.1, -0.05) is 55.8 Å². The van der Waals surface area contributed by atoms with E-state index in [4.69, 9.17) is 10.7 Å². The van der Waals surface area contributed by atoms with Gasteiger partial charge in [0.25, 0.3) is 0 Å². The number of halogens is 1. The number of nitrogens with zero attached hydrogens (tertiary/aromatic N) is 2. The van der Waals surface area contributed by atoms with Gasteiger partial charge in [-0.15, -0.1) is 0 Å². The topological polar surface area (TPSA) is 43.8 Å². The number of benzene rings is 1. The van der Waals surface area contributed by atoms with Crippen LogP contribution in [0, 0.1) is 6.92 Å². The van der Waals surface area contributed by atoms with Gasteiger partial charge in [-0.3, -0.25) is 0 Å². The second kappa shape index (κ2) is 5.84. The Morgan fingerprint density at radius 2 is 1.95 bits per heavy atom. The van der Waals surface area contributed by atoms with Crippen molar-refractivity contribution in [1.29, 1.82) is 0 Å². The van der Waals surface area contributed by atoms with Gasteiger partial charge in [-0.2, -0.15) is 0 Å². The van der Waals surface area contributed by atoms with Gasteiger partial charge < -0.3 is 10.3 Å². The molecule has 0 aliphatic carbocycles. The number of hydrogen-bond acceptors (Lipinski definition) is 2. The van der Waals surface area contributed by atoms with Crippen molar-refractivity contribution in [2.24, 2.45) is 0 Å². The van der Waals surface area contributed by atoms with Crippen molar-refractivity contribution < 1.29 is 0 Å². The van der Waals surface area contributed by atoms with E-state index >= 15 is 0 Å². The molecule has 0 unspecified atom stereocenters. The van der Waals surface area contributed by atoms with Crippen LogP contribution in [0.1, 0.15) is 45.5 Å². The second-order valence-electron chi connectivity index (χ2n) is 6.55. The van der Waals surface area contributed by atoms with E-state index in [-0.39, 0.29) is 5.41 Å². The molecule has 3 nitrogen and oxygen atoms in total. The van der Waals surface area contributed by atoms with Gasteiger partial charge in [-0.05, 0) is 25.0 Å². The van der Waals surface area contributed by atoms with Crippen LogP contribution in [0.25, 0.3) is 11.3 Å². The molecule has 1 aromatic carbocycles. The molecule has 0 spiro atoms. The summed E-state index contributed by atoms with van der Waals surface area (Å²) in [7, 11) is 0. The standard InChI is InChI=1S/C17H24BrN3/c1-6-9-21-15(19)14(20-16(21)17(3,4)5)12-8-7-11(2)10-13(12)18/h7-8,10H,6,9,19H2,1-5H3. The van der Waals surface area contributed by atoms with E-state index in [1.807, 2.05) is 0 Å². The fourth-order valence-electron chi connectivity index (χ4n) is 2.50. The van der Waals surface area contributed by atoms with E-state index in [0.717, 1.165) is 40.3 Å². The first kappa shape index (κ1) is 16.1. The zero-order valence-electron chi connectivity index (χ0n) is 13.5. The molecule has 0 atom stereocenters. The quantitative estimate of drug-likeness (QED) is 0.855. The Kier molecular flexibility index (Phi) is 4.47. The highest BCUT2D eigenvalue weighted by Gasteiger charge is 2.25. The molecule has 0 radical (unpaired) electrons. The largest absolute Gasteiger partial charge is 0.383 e.